The molecular weight excluding hydrogens is 255 g/mol. The molecule has 0 aromatic heterocycles. The monoisotopic (exact) mass is 274 g/mol. The molecule has 3 N–H and O–H groups in total. The highest BCUT2D eigenvalue weighted by Crippen LogP contribution is 2.21. The van der Waals surface area contributed by atoms with Gasteiger partial charge in [-0.05, 0) is 24.5 Å². The lowest BCUT2D eigenvalue weighted by atomic mass is 9.98. The summed E-state index contributed by atoms with van der Waals surface area (Å²) in [6.07, 6.45) is 0. The van der Waals surface area contributed by atoms with Crippen LogP contribution in [0.15, 0.2) is 17.0 Å². The van der Waals surface area contributed by atoms with Crippen LogP contribution in [0.1, 0.15) is 26.3 Å². The molecule has 0 heterocycles. The second-order valence-corrected chi connectivity index (χ2v) is 7.27. The van der Waals surface area contributed by atoms with Gasteiger partial charge in [0.25, 0.3) is 0 Å². The fraction of sp³-hybridized carbons (Fsp3) is 0.500. The summed E-state index contributed by atoms with van der Waals surface area (Å²) in [7, 11) is -3.73. The highest BCUT2D eigenvalue weighted by molar-refractivity contribution is 7.89. The van der Waals surface area contributed by atoms with Crippen LogP contribution in [-0.4, -0.2) is 15.0 Å². The van der Waals surface area contributed by atoms with Gasteiger partial charge in [-0.1, -0.05) is 20.8 Å². The van der Waals surface area contributed by atoms with E-state index >= 15 is 0 Å². The zero-order valence-electron chi connectivity index (χ0n) is 11.0. The number of hydrogen-bond acceptors (Lipinski definition) is 3. The number of hydrogen-bond donors (Lipinski definition) is 2. The minimum Gasteiger partial charge on any atom is -0.398 e. The van der Waals surface area contributed by atoms with Gasteiger partial charge in [-0.3, -0.25) is 0 Å². The number of nitrogens with two attached hydrogens (primary N) is 1. The first kappa shape index (κ1) is 14.9. The number of benzene rings is 1. The average molecular weight is 274 g/mol. The third-order valence-electron chi connectivity index (χ3n) is 2.46. The van der Waals surface area contributed by atoms with Gasteiger partial charge < -0.3 is 5.73 Å². The van der Waals surface area contributed by atoms with Crippen molar-refractivity contribution in [3.63, 3.8) is 0 Å². The predicted molar refractivity (Wildman–Crippen MR) is 70.2 cm³/mol. The van der Waals surface area contributed by atoms with Gasteiger partial charge in [0.15, 0.2) is 0 Å². The van der Waals surface area contributed by atoms with Crippen LogP contribution in [0.4, 0.5) is 10.1 Å². The molecule has 102 valence electrons. The van der Waals surface area contributed by atoms with Gasteiger partial charge in [-0.25, -0.2) is 17.5 Å². The van der Waals surface area contributed by atoms with E-state index in [1.165, 1.54) is 13.0 Å². The maximum absolute atomic E-state index is 13.5. The topological polar surface area (TPSA) is 72.2 Å². The van der Waals surface area contributed by atoms with Crippen LogP contribution in [-0.2, 0) is 10.0 Å². The van der Waals surface area contributed by atoms with Crippen molar-refractivity contribution in [1.29, 1.82) is 0 Å². The van der Waals surface area contributed by atoms with E-state index in [0.717, 1.165) is 6.07 Å². The molecule has 1 rings (SSSR count). The molecule has 0 aliphatic rings. The minimum atomic E-state index is -3.73. The fourth-order valence-corrected chi connectivity index (χ4v) is 2.55. The van der Waals surface area contributed by atoms with E-state index in [4.69, 9.17) is 5.73 Å². The van der Waals surface area contributed by atoms with Gasteiger partial charge in [-0.15, -0.1) is 0 Å². The van der Waals surface area contributed by atoms with Crippen molar-refractivity contribution in [1.82, 2.24) is 4.72 Å². The van der Waals surface area contributed by atoms with Crippen molar-refractivity contribution < 1.29 is 12.8 Å². The van der Waals surface area contributed by atoms with E-state index in [1.807, 2.05) is 20.8 Å². The number of sulfonamides is 1. The first-order valence-electron chi connectivity index (χ1n) is 5.58. The molecular formula is C12H19FN2O2S. The van der Waals surface area contributed by atoms with Gasteiger partial charge in [0.1, 0.15) is 5.82 Å². The smallest absolute Gasteiger partial charge is 0.240 e. The molecule has 0 amide bonds. The van der Waals surface area contributed by atoms with Crippen molar-refractivity contribution >= 4 is 15.7 Å². The fourth-order valence-electron chi connectivity index (χ4n) is 1.22. The Kier molecular flexibility index (Phi) is 4.02. The van der Waals surface area contributed by atoms with Crippen LogP contribution in [0.5, 0.6) is 0 Å². The summed E-state index contributed by atoms with van der Waals surface area (Å²) in [6, 6.07) is 2.25. The standard InChI is InChI=1S/C12H19FN2O2S/c1-8-10(13)5-9(6-11(8)14)18(16,17)15-7-12(2,3)4/h5-6,15H,7,14H2,1-4H3. The molecule has 0 saturated carbocycles. The van der Waals surface area contributed by atoms with Crippen LogP contribution in [0, 0.1) is 18.2 Å². The maximum Gasteiger partial charge on any atom is 0.240 e. The number of nitrogens with one attached hydrogen (secondary N) is 1. The Morgan fingerprint density at radius 3 is 2.33 bits per heavy atom. The Balaban J connectivity index is 3.07. The van der Waals surface area contributed by atoms with Gasteiger partial charge >= 0.3 is 0 Å². The zero-order chi connectivity index (χ0) is 14.1. The van der Waals surface area contributed by atoms with Crippen LogP contribution >= 0.6 is 0 Å². The summed E-state index contributed by atoms with van der Waals surface area (Å²) in [5.74, 6) is -0.619. The third kappa shape index (κ3) is 3.68. The van der Waals surface area contributed by atoms with Gasteiger partial charge in [0.05, 0.1) is 4.90 Å². The molecule has 0 radical (unpaired) electrons. The van der Waals surface area contributed by atoms with E-state index < -0.39 is 15.8 Å². The van der Waals surface area contributed by atoms with Gasteiger partial charge in [0, 0.05) is 17.8 Å². The van der Waals surface area contributed by atoms with Crippen LogP contribution in [0.2, 0.25) is 0 Å². The Morgan fingerprint density at radius 2 is 1.89 bits per heavy atom. The zero-order valence-corrected chi connectivity index (χ0v) is 11.9. The van der Waals surface area contributed by atoms with Crippen LogP contribution in [0.3, 0.4) is 0 Å². The number of nitrogen functional groups attached to an aromatic ring is 1. The summed E-state index contributed by atoms with van der Waals surface area (Å²) in [5.41, 5.74) is 5.76. The SMILES string of the molecule is Cc1c(N)cc(S(=O)(=O)NCC(C)(C)C)cc1F. The molecule has 0 spiro atoms. The quantitative estimate of drug-likeness (QED) is 0.828. The summed E-state index contributed by atoms with van der Waals surface area (Å²) >= 11 is 0. The molecule has 4 nitrogen and oxygen atoms in total. The van der Waals surface area contributed by atoms with E-state index in [0.29, 0.717) is 0 Å². The van der Waals surface area contributed by atoms with Crippen molar-refractivity contribution in [3.8, 4) is 0 Å². The molecule has 0 bridgehead atoms. The molecule has 1 aromatic carbocycles. The summed E-state index contributed by atoms with van der Waals surface area (Å²) in [4.78, 5) is -0.146. The Morgan fingerprint density at radius 1 is 1.33 bits per heavy atom. The first-order valence-corrected chi connectivity index (χ1v) is 7.06. The molecule has 0 unspecified atom stereocenters. The molecule has 18 heavy (non-hydrogen) atoms. The second kappa shape index (κ2) is 4.85. The highest BCUT2D eigenvalue weighted by Gasteiger charge is 2.20. The van der Waals surface area contributed by atoms with E-state index in [1.54, 1.807) is 0 Å². The molecule has 0 saturated heterocycles. The van der Waals surface area contributed by atoms with Crippen molar-refractivity contribution in [2.45, 2.75) is 32.6 Å². The van der Waals surface area contributed by atoms with E-state index in [9.17, 15) is 12.8 Å². The van der Waals surface area contributed by atoms with Crippen LogP contribution in [0.25, 0.3) is 0 Å². The Hall–Kier alpha value is -1.14. The first-order chi connectivity index (χ1) is 8.03. The highest BCUT2D eigenvalue weighted by atomic mass is 32.2. The third-order valence-corrected chi connectivity index (χ3v) is 3.84. The molecule has 0 aliphatic carbocycles. The maximum atomic E-state index is 13.5. The lowest BCUT2D eigenvalue weighted by Crippen LogP contribution is -2.32. The Bertz CT molecular complexity index is 525. The molecule has 1 aromatic rings. The molecule has 0 fully saturated rings. The normalized spacial score (nSPS) is 12.7. The number of anilines is 1. The lowest BCUT2D eigenvalue weighted by Gasteiger charge is -2.19. The molecule has 0 atom stereocenters. The largest absolute Gasteiger partial charge is 0.398 e. The van der Waals surface area contributed by atoms with E-state index in [2.05, 4.69) is 4.72 Å². The summed E-state index contributed by atoms with van der Waals surface area (Å²) in [6.45, 7) is 7.48. The Labute approximate surface area is 107 Å². The number of halogens is 1. The summed E-state index contributed by atoms with van der Waals surface area (Å²) < 4.78 is 39.8. The lowest BCUT2D eigenvalue weighted by molar-refractivity contribution is 0.407. The van der Waals surface area contributed by atoms with Crippen molar-refractivity contribution in [3.05, 3.63) is 23.5 Å². The van der Waals surface area contributed by atoms with Crippen LogP contribution < -0.4 is 10.5 Å². The van der Waals surface area contributed by atoms with Gasteiger partial charge in [-0.2, -0.15) is 0 Å². The second-order valence-electron chi connectivity index (χ2n) is 5.50. The average Bonchev–Trinajstić information content (AvgIpc) is 2.21. The van der Waals surface area contributed by atoms with Crippen molar-refractivity contribution in [2.24, 2.45) is 5.41 Å². The summed E-state index contributed by atoms with van der Waals surface area (Å²) in [5, 5.41) is 0. The number of rotatable bonds is 3. The van der Waals surface area contributed by atoms with E-state index in [-0.39, 0.29) is 28.1 Å². The predicted octanol–water partition coefficient (Wildman–Crippen LogP) is 2.04. The minimum absolute atomic E-state index is 0.131. The molecule has 6 heteroatoms. The molecule has 0 aliphatic heterocycles. The van der Waals surface area contributed by atoms with Crippen molar-refractivity contribution in [2.75, 3.05) is 12.3 Å². The van der Waals surface area contributed by atoms with Gasteiger partial charge in [0.2, 0.25) is 10.0 Å².